The molecule has 1 saturated carbocycles. The second-order valence-electron chi connectivity index (χ2n) is 4.74. The summed E-state index contributed by atoms with van der Waals surface area (Å²) in [5, 5.41) is 0. The highest BCUT2D eigenvalue weighted by Gasteiger charge is 2.16. The van der Waals surface area contributed by atoms with Crippen LogP contribution < -0.4 is 0 Å². The van der Waals surface area contributed by atoms with Crippen molar-refractivity contribution in [1.82, 2.24) is 0 Å². The standard InChI is InChI=1S/C15H18ClF/c16-11-14(13-4-2-1-3-5-13)10-12-6-8-15(17)9-7-12/h6-10,13H,1-5,11H2. The van der Waals surface area contributed by atoms with E-state index in [1.807, 2.05) is 12.1 Å². The summed E-state index contributed by atoms with van der Waals surface area (Å²) in [6.45, 7) is 0. The van der Waals surface area contributed by atoms with Crippen LogP contribution in [0.1, 0.15) is 37.7 Å². The van der Waals surface area contributed by atoms with Crippen molar-refractivity contribution in [3.63, 3.8) is 0 Å². The van der Waals surface area contributed by atoms with E-state index in [4.69, 9.17) is 11.6 Å². The molecule has 17 heavy (non-hydrogen) atoms. The largest absolute Gasteiger partial charge is 0.207 e. The molecule has 1 aliphatic carbocycles. The Balaban J connectivity index is 2.13. The van der Waals surface area contributed by atoms with Gasteiger partial charge >= 0.3 is 0 Å². The van der Waals surface area contributed by atoms with Crippen LogP contribution in [0.3, 0.4) is 0 Å². The Morgan fingerprint density at radius 1 is 1.18 bits per heavy atom. The van der Waals surface area contributed by atoms with Crippen molar-refractivity contribution in [3.8, 4) is 0 Å². The van der Waals surface area contributed by atoms with Crippen molar-refractivity contribution in [2.24, 2.45) is 5.92 Å². The monoisotopic (exact) mass is 252 g/mol. The van der Waals surface area contributed by atoms with Gasteiger partial charge in [0.05, 0.1) is 0 Å². The lowest BCUT2D eigenvalue weighted by Gasteiger charge is -2.23. The van der Waals surface area contributed by atoms with Crippen LogP contribution in [-0.4, -0.2) is 5.88 Å². The van der Waals surface area contributed by atoms with Gasteiger partial charge in [-0.15, -0.1) is 11.6 Å². The van der Waals surface area contributed by atoms with Crippen LogP contribution in [0.4, 0.5) is 4.39 Å². The third-order valence-corrected chi connectivity index (χ3v) is 3.81. The quantitative estimate of drug-likeness (QED) is 0.662. The van der Waals surface area contributed by atoms with E-state index in [1.54, 1.807) is 0 Å². The zero-order chi connectivity index (χ0) is 12.1. The maximum absolute atomic E-state index is 12.8. The minimum atomic E-state index is -0.188. The molecule has 0 N–H and O–H groups in total. The van der Waals surface area contributed by atoms with E-state index in [9.17, 15) is 4.39 Å². The van der Waals surface area contributed by atoms with Gasteiger partial charge in [0.15, 0.2) is 0 Å². The number of benzene rings is 1. The highest BCUT2D eigenvalue weighted by molar-refractivity contribution is 6.19. The number of alkyl halides is 1. The van der Waals surface area contributed by atoms with Crippen molar-refractivity contribution in [2.75, 3.05) is 5.88 Å². The Kier molecular flexibility index (Phi) is 4.61. The molecule has 0 amide bonds. The van der Waals surface area contributed by atoms with Gasteiger partial charge in [0.1, 0.15) is 5.82 Å². The molecule has 0 aliphatic heterocycles. The normalized spacial score (nSPS) is 18.4. The van der Waals surface area contributed by atoms with Crippen LogP contribution in [0.25, 0.3) is 6.08 Å². The summed E-state index contributed by atoms with van der Waals surface area (Å²) < 4.78 is 12.8. The third-order valence-electron chi connectivity index (χ3n) is 3.51. The number of allylic oxidation sites excluding steroid dienone is 1. The van der Waals surface area contributed by atoms with E-state index in [-0.39, 0.29) is 5.82 Å². The van der Waals surface area contributed by atoms with Crippen LogP contribution in [0.15, 0.2) is 29.8 Å². The van der Waals surface area contributed by atoms with Gasteiger partial charge in [-0.2, -0.15) is 0 Å². The average molecular weight is 253 g/mol. The minimum absolute atomic E-state index is 0.188. The molecule has 1 fully saturated rings. The molecule has 0 bridgehead atoms. The molecule has 2 heteroatoms. The molecule has 0 unspecified atom stereocenters. The molecular weight excluding hydrogens is 235 g/mol. The lowest BCUT2D eigenvalue weighted by molar-refractivity contribution is 0.405. The molecule has 0 radical (unpaired) electrons. The van der Waals surface area contributed by atoms with E-state index in [1.165, 1.54) is 49.8 Å². The van der Waals surface area contributed by atoms with Gasteiger partial charge in [-0.05, 0) is 36.5 Å². The summed E-state index contributed by atoms with van der Waals surface area (Å²) in [6.07, 6.45) is 8.59. The summed E-state index contributed by atoms with van der Waals surface area (Å²) in [5.74, 6) is 1.03. The molecule has 2 rings (SSSR count). The highest BCUT2D eigenvalue weighted by atomic mass is 35.5. The second-order valence-corrected chi connectivity index (χ2v) is 5.01. The van der Waals surface area contributed by atoms with Crippen molar-refractivity contribution in [2.45, 2.75) is 32.1 Å². The molecule has 0 atom stereocenters. The van der Waals surface area contributed by atoms with Crippen LogP contribution in [0.2, 0.25) is 0 Å². The molecule has 0 nitrogen and oxygen atoms in total. The van der Waals surface area contributed by atoms with Crippen LogP contribution in [-0.2, 0) is 0 Å². The van der Waals surface area contributed by atoms with Gasteiger partial charge in [-0.25, -0.2) is 4.39 Å². The maximum atomic E-state index is 12.8. The van der Waals surface area contributed by atoms with Gasteiger partial charge < -0.3 is 0 Å². The van der Waals surface area contributed by atoms with Crippen LogP contribution in [0, 0.1) is 11.7 Å². The van der Waals surface area contributed by atoms with Gasteiger partial charge in [0, 0.05) is 5.88 Å². The van der Waals surface area contributed by atoms with E-state index >= 15 is 0 Å². The van der Waals surface area contributed by atoms with E-state index < -0.39 is 0 Å². The number of hydrogen-bond acceptors (Lipinski definition) is 0. The first-order valence-corrected chi connectivity index (χ1v) is 6.85. The fraction of sp³-hybridized carbons (Fsp3) is 0.467. The Hall–Kier alpha value is -0.820. The lowest BCUT2D eigenvalue weighted by atomic mass is 9.84. The van der Waals surface area contributed by atoms with Gasteiger partial charge in [0.25, 0.3) is 0 Å². The Morgan fingerprint density at radius 2 is 1.82 bits per heavy atom. The second kappa shape index (κ2) is 6.20. The van der Waals surface area contributed by atoms with Crippen molar-refractivity contribution in [1.29, 1.82) is 0 Å². The fourth-order valence-electron chi connectivity index (χ4n) is 2.51. The van der Waals surface area contributed by atoms with Gasteiger partial charge in [-0.1, -0.05) is 43.0 Å². The third kappa shape index (κ3) is 3.57. The number of halogens is 2. The minimum Gasteiger partial charge on any atom is -0.207 e. The first-order chi connectivity index (χ1) is 8.29. The summed E-state index contributed by atoms with van der Waals surface area (Å²) in [7, 11) is 0. The number of hydrogen-bond donors (Lipinski definition) is 0. The molecule has 0 heterocycles. The first-order valence-electron chi connectivity index (χ1n) is 6.31. The zero-order valence-corrected chi connectivity index (χ0v) is 10.7. The van der Waals surface area contributed by atoms with E-state index in [2.05, 4.69) is 6.08 Å². The topological polar surface area (TPSA) is 0 Å². The van der Waals surface area contributed by atoms with E-state index in [0.717, 1.165) is 5.56 Å². The molecule has 92 valence electrons. The van der Waals surface area contributed by atoms with Gasteiger partial charge in [-0.3, -0.25) is 0 Å². The zero-order valence-electron chi connectivity index (χ0n) is 9.96. The molecule has 0 aromatic heterocycles. The van der Waals surface area contributed by atoms with E-state index in [0.29, 0.717) is 11.8 Å². The molecule has 1 aromatic carbocycles. The van der Waals surface area contributed by atoms with Gasteiger partial charge in [0.2, 0.25) is 0 Å². The predicted octanol–water partition coefficient (Wildman–Crippen LogP) is 5.03. The summed E-state index contributed by atoms with van der Waals surface area (Å²) in [4.78, 5) is 0. The Morgan fingerprint density at radius 3 is 2.41 bits per heavy atom. The van der Waals surface area contributed by atoms with Crippen LogP contribution >= 0.6 is 11.6 Å². The first kappa shape index (κ1) is 12.6. The molecule has 1 aromatic rings. The average Bonchev–Trinajstić information content (AvgIpc) is 2.39. The maximum Gasteiger partial charge on any atom is 0.123 e. The van der Waals surface area contributed by atoms with Crippen LogP contribution in [0.5, 0.6) is 0 Å². The fourth-order valence-corrected chi connectivity index (χ4v) is 2.81. The molecule has 0 spiro atoms. The summed E-state index contributed by atoms with van der Waals surface area (Å²) in [5.41, 5.74) is 2.35. The van der Waals surface area contributed by atoms with Crippen molar-refractivity contribution in [3.05, 3.63) is 41.2 Å². The highest BCUT2D eigenvalue weighted by Crippen LogP contribution is 2.31. The predicted molar refractivity (Wildman–Crippen MR) is 71.7 cm³/mol. The summed E-state index contributed by atoms with van der Waals surface area (Å²) in [6, 6.07) is 6.62. The number of rotatable bonds is 3. The van der Waals surface area contributed by atoms with Crippen molar-refractivity contribution >= 4 is 17.7 Å². The SMILES string of the molecule is Fc1ccc(C=C(CCl)C2CCCCC2)cc1. The Bertz CT molecular complexity index is 374. The molecular formula is C15H18ClF. The summed E-state index contributed by atoms with van der Waals surface area (Å²) >= 11 is 6.04. The molecule has 0 saturated heterocycles. The van der Waals surface area contributed by atoms with Crippen molar-refractivity contribution < 1.29 is 4.39 Å². The smallest absolute Gasteiger partial charge is 0.123 e. The molecule has 1 aliphatic rings. The lowest BCUT2D eigenvalue weighted by Crippen LogP contribution is -2.10. The Labute approximate surface area is 107 Å².